The van der Waals surface area contributed by atoms with Gasteiger partial charge in [0.1, 0.15) is 10.6 Å². The van der Waals surface area contributed by atoms with Crippen molar-refractivity contribution < 1.29 is 19.4 Å². The van der Waals surface area contributed by atoms with E-state index in [0.29, 0.717) is 23.6 Å². The van der Waals surface area contributed by atoms with Crippen LogP contribution in [0.25, 0.3) is 0 Å². The number of amides is 1. The van der Waals surface area contributed by atoms with Gasteiger partial charge in [0.2, 0.25) is 0 Å². The Morgan fingerprint density at radius 1 is 1.59 bits per heavy atom. The molecule has 5 nitrogen and oxygen atoms in total. The van der Waals surface area contributed by atoms with Crippen molar-refractivity contribution >= 4 is 23.2 Å². The van der Waals surface area contributed by atoms with E-state index in [9.17, 15) is 9.59 Å². The molecule has 1 aromatic rings. The summed E-state index contributed by atoms with van der Waals surface area (Å²) in [5.41, 5.74) is 0. The molecule has 94 valence electrons. The first-order valence-corrected chi connectivity index (χ1v) is 6.06. The largest absolute Gasteiger partial charge is 0.495 e. The molecule has 17 heavy (non-hydrogen) atoms. The third-order valence-electron chi connectivity index (χ3n) is 2.34. The number of ether oxygens (including phenoxy) is 1. The predicted octanol–water partition coefficient (Wildman–Crippen LogP) is 1.60. The van der Waals surface area contributed by atoms with Gasteiger partial charge in [0.15, 0.2) is 0 Å². The number of thiophene rings is 1. The fraction of sp³-hybridized carbons (Fsp3) is 0.455. The number of carbonyl (C=O) groups excluding carboxylic acids is 1. The Morgan fingerprint density at radius 3 is 2.88 bits per heavy atom. The molecule has 0 aliphatic rings. The topological polar surface area (TPSA) is 75.6 Å². The highest BCUT2D eigenvalue weighted by Crippen LogP contribution is 2.23. The van der Waals surface area contributed by atoms with E-state index in [2.05, 4.69) is 5.32 Å². The molecule has 1 rings (SSSR count). The second-order valence-electron chi connectivity index (χ2n) is 3.60. The number of carbonyl (C=O) groups is 2. The van der Waals surface area contributed by atoms with E-state index in [1.54, 1.807) is 18.4 Å². The van der Waals surface area contributed by atoms with E-state index in [1.807, 2.05) is 0 Å². The van der Waals surface area contributed by atoms with Gasteiger partial charge in [-0.25, -0.2) is 0 Å². The Kier molecular flexibility index (Phi) is 4.96. The van der Waals surface area contributed by atoms with Crippen molar-refractivity contribution in [3.8, 4) is 5.75 Å². The van der Waals surface area contributed by atoms with Crippen molar-refractivity contribution in [2.75, 3.05) is 13.7 Å². The second-order valence-corrected chi connectivity index (χ2v) is 4.52. The van der Waals surface area contributed by atoms with Crippen LogP contribution in [0.2, 0.25) is 0 Å². The van der Waals surface area contributed by atoms with E-state index >= 15 is 0 Å². The SMILES string of the molecule is COc1ccsc1C(=O)NCCC(C)C(=O)O. The minimum Gasteiger partial charge on any atom is -0.495 e. The lowest BCUT2D eigenvalue weighted by Crippen LogP contribution is -2.26. The van der Waals surface area contributed by atoms with E-state index < -0.39 is 11.9 Å². The molecule has 0 radical (unpaired) electrons. The molecule has 1 heterocycles. The van der Waals surface area contributed by atoms with Gasteiger partial charge in [-0.3, -0.25) is 9.59 Å². The molecular formula is C11H15NO4S. The van der Waals surface area contributed by atoms with Crippen LogP contribution < -0.4 is 10.1 Å². The molecule has 0 spiro atoms. The smallest absolute Gasteiger partial charge is 0.306 e. The fourth-order valence-corrected chi connectivity index (χ4v) is 2.00. The monoisotopic (exact) mass is 257 g/mol. The molecule has 0 aliphatic carbocycles. The van der Waals surface area contributed by atoms with Gasteiger partial charge in [-0.2, -0.15) is 0 Å². The summed E-state index contributed by atoms with van der Waals surface area (Å²) in [6.07, 6.45) is 0.411. The number of carboxylic acids is 1. The van der Waals surface area contributed by atoms with Crippen molar-refractivity contribution in [1.29, 1.82) is 0 Å². The number of hydrogen-bond donors (Lipinski definition) is 2. The Hall–Kier alpha value is -1.56. The molecular weight excluding hydrogens is 242 g/mol. The van der Waals surface area contributed by atoms with Gasteiger partial charge in [0, 0.05) is 6.54 Å². The van der Waals surface area contributed by atoms with Crippen molar-refractivity contribution in [2.45, 2.75) is 13.3 Å². The van der Waals surface area contributed by atoms with Gasteiger partial charge >= 0.3 is 5.97 Å². The van der Waals surface area contributed by atoms with Crippen molar-refractivity contribution in [1.82, 2.24) is 5.32 Å². The number of hydrogen-bond acceptors (Lipinski definition) is 4. The average molecular weight is 257 g/mol. The highest BCUT2D eigenvalue weighted by Gasteiger charge is 2.15. The number of carboxylic acid groups (broad SMARTS) is 1. The molecule has 0 aliphatic heterocycles. The number of nitrogens with one attached hydrogen (secondary N) is 1. The van der Waals surface area contributed by atoms with Crippen LogP contribution >= 0.6 is 11.3 Å². The highest BCUT2D eigenvalue weighted by atomic mass is 32.1. The van der Waals surface area contributed by atoms with Crippen molar-refractivity contribution in [3.63, 3.8) is 0 Å². The van der Waals surface area contributed by atoms with Crippen LogP contribution in [0.15, 0.2) is 11.4 Å². The molecule has 0 saturated carbocycles. The van der Waals surface area contributed by atoms with Crippen LogP contribution in [0.5, 0.6) is 5.75 Å². The van der Waals surface area contributed by atoms with Crippen LogP contribution in [0.1, 0.15) is 23.0 Å². The maximum Gasteiger partial charge on any atom is 0.306 e. The molecule has 6 heteroatoms. The third kappa shape index (κ3) is 3.74. The normalized spacial score (nSPS) is 11.9. The second kappa shape index (κ2) is 6.24. The summed E-state index contributed by atoms with van der Waals surface area (Å²) >= 11 is 1.29. The average Bonchev–Trinajstić information content (AvgIpc) is 2.76. The van der Waals surface area contributed by atoms with Crippen molar-refractivity contribution in [3.05, 3.63) is 16.3 Å². The maximum atomic E-state index is 11.7. The van der Waals surface area contributed by atoms with Crippen LogP contribution in [-0.2, 0) is 4.79 Å². The van der Waals surface area contributed by atoms with Gasteiger partial charge in [-0.15, -0.1) is 11.3 Å². The Bertz CT molecular complexity index is 402. The zero-order valence-electron chi connectivity index (χ0n) is 9.73. The third-order valence-corrected chi connectivity index (χ3v) is 3.23. The van der Waals surface area contributed by atoms with E-state index in [-0.39, 0.29) is 5.91 Å². The molecule has 0 aromatic carbocycles. The first-order valence-electron chi connectivity index (χ1n) is 5.18. The lowest BCUT2D eigenvalue weighted by atomic mass is 10.1. The van der Waals surface area contributed by atoms with E-state index in [1.165, 1.54) is 18.4 Å². The number of methoxy groups -OCH3 is 1. The standard InChI is InChI=1S/C11H15NO4S/c1-7(11(14)15)3-5-12-10(13)9-8(16-2)4-6-17-9/h4,6-7H,3,5H2,1-2H3,(H,12,13)(H,14,15). The summed E-state index contributed by atoms with van der Waals surface area (Å²) in [6, 6.07) is 1.72. The summed E-state index contributed by atoms with van der Waals surface area (Å²) in [7, 11) is 1.51. The zero-order valence-corrected chi connectivity index (χ0v) is 10.5. The quantitative estimate of drug-likeness (QED) is 0.811. The van der Waals surface area contributed by atoms with E-state index in [0.717, 1.165) is 0 Å². The summed E-state index contributed by atoms with van der Waals surface area (Å²) in [5, 5.41) is 13.1. The van der Waals surface area contributed by atoms with Gasteiger partial charge in [-0.05, 0) is 17.9 Å². The number of rotatable bonds is 6. The minimum atomic E-state index is -0.854. The minimum absolute atomic E-state index is 0.227. The van der Waals surface area contributed by atoms with Crippen LogP contribution in [0.3, 0.4) is 0 Å². The van der Waals surface area contributed by atoms with Gasteiger partial charge in [0.25, 0.3) is 5.91 Å². The lowest BCUT2D eigenvalue weighted by Gasteiger charge is -2.07. The van der Waals surface area contributed by atoms with E-state index in [4.69, 9.17) is 9.84 Å². The lowest BCUT2D eigenvalue weighted by molar-refractivity contribution is -0.141. The van der Waals surface area contributed by atoms with Crippen LogP contribution in [0, 0.1) is 5.92 Å². The van der Waals surface area contributed by atoms with Gasteiger partial charge in [0.05, 0.1) is 13.0 Å². The molecule has 0 bridgehead atoms. The molecule has 0 fully saturated rings. The Morgan fingerprint density at radius 2 is 2.29 bits per heavy atom. The summed E-state index contributed by atoms with van der Waals surface area (Å²) in [6.45, 7) is 1.95. The van der Waals surface area contributed by atoms with Gasteiger partial charge in [-0.1, -0.05) is 6.92 Å². The Labute approximate surface area is 103 Å². The van der Waals surface area contributed by atoms with Crippen LogP contribution in [0.4, 0.5) is 0 Å². The first-order chi connectivity index (χ1) is 8.06. The summed E-state index contributed by atoms with van der Waals surface area (Å²) < 4.78 is 5.03. The molecule has 1 atom stereocenters. The van der Waals surface area contributed by atoms with Crippen molar-refractivity contribution in [2.24, 2.45) is 5.92 Å². The zero-order chi connectivity index (χ0) is 12.8. The number of aliphatic carboxylic acids is 1. The fourth-order valence-electron chi connectivity index (χ4n) is 1.23. The molecule has 1 aromatic heterocycles. The molecule has 1 unspecified atom stereocenters. The molecule has 2 N–H and O–H groups in total. The Balaban J connectivity index is 2.43. The highest BCUT2D eigenvalue weighted by molar-refractivity contribution is 7.12. The summed E-state index contributed by atoms with van der Waals surface area (Å²) in [4.78, 5) is 22.8. The van der Waals surface area contributed by atoms with Gasteiger partial charge < -0.3 is 15.2 Å². The maximum absolute atomic E-state index is 11.7. The van der Waals surface area contributed by atoms with Crippen LogP contribution in [-0.4, -0.2) is 30.6 Å². The first kappa shape index (κ1) is 13.5. The molecule has 0 saturated heterocycles. The predicted molar refractivity (Wildman–Crippen MR) is 64.6 cm³/mol. The molecule has 1 amide bonds. The summed E-state index contributed by atoms with van der Waals surface area (Å²) in [5.74, 6) is -0.998.